The van der Waals surface area contributed by atoms with Gasteiger partial charge in [-0.2, -0.15) is 0 Å². The molecule has 2 heterocycles. The number of para-hydroxylation sites is 2. The molecule has 0 fully saturated rings. The van der Waals surface area contributed by atoms with E-state index in [2.05, 4.69) is 21.4 Å². The summed E-state index contributed by atoms with van der Waals surface area (Å²) >= 11 is 6.16. The molecule has 3 aromatic rings. The third-order valence-corrected chi connectivity index (χ3v) is 4.75. The number of aromatic nitrogens is 2. The van der Waals surface area contributed by atoms with Gasteiger partial charge in [0.15, 0.2) is 0 Å². The van der Waals surface area contributed by atoms with Crippen molar-refractivity contribution in [3.05, 3.63) is 77.1 Å². The SMILES string of the molecule is CC1Cc2ccccc2N1C(=O)c1ccnc(Nc2ccccc2Cl)n1. The number of carbonyl (C=O) groups excluding carboxylic acids is 1. The molecule has 1 aliphatic heterocycles. The van der Waals surface area contributed by atoms with Crippen LogP contribution in [0.15, 0.2) is 60.8 Å². The Balaban J connectivity index is 1.63. The van der Waals surface area contributed by atoms with E-state index >= 15 is 0 Å². The summed E-state index contributed by atoms with van der Waals surface area (Å²) < 4.78 is 0. The van der Waals surface area contributed by atoms with E-state index in [0.29, 0.717) is 22.4 Å². The molecule has 1 atom stereocenters. The predicted molar refractivity (Wildman–Crippen MR) is 103 cm³/mol. The molecule has 1 N–H and O–H groups in total. The number of nitrogens with one attached hydrogen (secondary N) is 1. The van der Waals surface area contributed by atoms with Crippen LogP contribution in [0.4, 0.5) is 17.3 Å². The van der Waals surface area contributed by atoms with E-state index in [1.54, 1.807) is 23.2 Å². The summed E-state index contributed by atoms with van der Waals surface area (Å²) in [5.41, 5.74) is 3.16. The van der Waals surface area contributed by atoms with Gasteiger partial charge in [-0.3, -0.25) is 4.79 Å². The Morgan fingerprint density at radius 1 is 1.15 bits per heavy atom. The predicted octanol–water partition coefficient (Wildman–Crippen LogP) is 4.47. The molecule has 0 bridgehead atoms. The Hall–Kier alpha value is -2.92. The quantitative estimate of drug-likeness (QED) is 0.745. The normalized spacial score (nSPS) is 15.6. The van der Waals surface area contributed by atoms with Gasteiger partial charge in [-0.05, 0) is 43.2 Å². The Kier molecular flexibility index (Phi) is 4.31. The topological polar surface area (TPSA) is 58.1 Å². The van der Waals surface area contributed by atoms with E-state index in [1.165, 1.54) is 5.56 Å². The first kappa shape index (κ1) is 16.5. The second-order valence-corrected chi connectivity index (χ2v) is 6.63. The first-order valence-electron chi connectivity index (χ1n) is 8.39. The van der Waals surface area contributed by atoms with Crippen molar-refractivity contribution < 1.29 is 4.79 Å². The lowest BCUT2D eigenvalue weighted by atomic mass is 10.1. The number of amides is 1. The van der Waals surface area contributed by atoms with Crippen molar-refractivity contribution in [2.75, 3.05) is 10.2 Å². The second kappa shape index (κ2) is 6.77. The Bertz CT molecular complexity index is 975. The number of hydrogen-bond donors (Lipinski definition) is 1. The van der Waals surface area contributed by atoms with Gasteiger partial charge in [-0.25, -0.2) is 9.97 Å². The van der Waals surface area contributed by atoms with Crippen LogP contribution >= 0.6 is 11.6 Å². The van der Waals surface area contributed by atoms with E-state index in [-0.39, 0.29) is 11.9 Å². The highest BCUT2D eigenvalue weighted by molar-refractivity contribution is 6.33. The maximum atomic E-state index is 13.1. The molecule has 6 heteroatoms. The van der Waals surface area contributed by atoms with E-state index in [9.17, 15) is 4.79 Å². The van der Waals surface area contributed by atoms with Crippen molar-refractivity contribution in [2.45, 2.75) is 19.4 Å². The molecule has 0 saturated carbocycles. The van der Waals surface area contributed by atoms with Gasteiger partial charge in [0.1, 0.15) is 5.69 Å². The molecule has 0 saturated heterocycles. The highest BCUT2D eigenvalue weighted by atomic mass is 35.5. The largest absolute Gasteiger partial charge is 0.323 e. The smallest absolute Gasteiger partial charge is 0.277 e. The molecule has 2 aromatic carbocycles. The first-order chi connectivity index (χ1) is 12.6. The second-order valence-electron chi connectivity index (χ2n) is 6.23. The van der Waals surface area contributed by atoms with Gasteiger partial charge in [0, 0.05) is 17.9 Å². The number of benzene rings is 2. The standard InChI is InChI=1S/C20H17ClN4O/c1-13-12-14-6-2-5-9-18(14)25(13)19(26)17-10-11-22-20(24-17)23-16-8-4-3-7-15(16)21/h2-11,13H,12H2,1H3,(H,22,23,24). The van der Waals surface area contributed by atoms with Gasteiger partial charge in [-0.1, -0.05) is 41.9 Å². The maximum Gasteiger partial charge on any atom is 0.277 e. The van der Waals surface area contributed by atoms with Crippen molar-refractivity contribution in [3.63, 3.8) is 0 Å². The van der Waals surface area contributed by atoms with Crippen LogP contribution in [0.3, 0.4) is 0 Å². The fourth-order valence-electron chi connectivity index (χ4n) is 3.22. The highest BCUT2D eigenvalue weighted by Gasteiger charge is 2.31. The average molecular weight is 365 g/mol. The van der Waals surface area contributed by atoms with Gasteiger partial charge in [-0.15, -0.1) is 0 Å². The number of hydrogen-bond acceptors (Lipinski definition) is 4. The van der Waals surface area contributed by atoms with Crippen LogP contribution in [0.5, 0.6) is 0 Å². The fraction of sp³-hybridized carbons (Fsp3) is 0.150. The van der Waals surface area contributed by atoms with Gasteiger partial charge >= 0.3 is 0 Å². The van der Waals surface area contributed by atoms with Gasteiger partial charge in [0.25, 0.3) is 5.91 Å². The van der Waals surface area contributed by atoms with E-state index in [4.69, 9.17) is 11.6 Å². The van der Waals surface area contributed by atoms with Crippen molar-refractivity contribution in [1.29, 1.82) is 0 Å². The zero-order valence-electron chi connectivity index (χ0n) is 14.2. The lowest BCUT2D eigenvalue weighted by molar-refractivity contribution is 0.0976. The molecule has 1 amide bonds. The zero-order chi connectivity index (χ0) is 18.1. The molecule has 26 heavy (non-hydrogen) atoms. The summed E-state index contributed by atoms with van der Waals surface area (Å²) in [6, 6.07) is 17.0. The van der Waals surface area contributed by atoms with Crippen LogP contribution in [0, 0.1) is 0 Å². The van der Waals surface area contributed by atoms with Crippen LogP contribution in [0.1, 0.15) is 23.0 Å². The van der Waals surface area contributed by atoms with Crippen molar-refractivity contribution in [2.24, 2.45) is 0 Å². The summed E-state index contributed by atoms with van der Waals surface area (Å²) in [4.78, 5) is 23.5. The van der Waals surface area contributed by atoms with Crippen LogP contribution in [-0.2, 0) is 6.42 Å². The Morgan fingerprint density at radius 2 is 1.92 bits per heavy atom. The molecular formula is C20H17ClN4O. The summed E-state index contributed by atoms with van der Waals surface area (Å²) in [5.74, 6) is 0.205. The van der Waals surface area contributed by atoms with Crippen molar-refractivity contribution in [3.8, 4) is 0 Å². The van der Waals surface area contributed by atoms with Crippen LogP contribution in [0.2, 0.25) is 5.02 Å². The van der Waals surface area contributed by atoms with Crippen LogP contribution in [-0.4, -0.2) is 21.9 Å². The van der Waals surface area contributed by atoms with E-state index in [1.807, 2.05) is 43.3 Å². The molecule has 0 spiro atoms. The van der Waals surface area contributed by atoms with Gasteiger partial charge < -0.3 is 10.2 Å². The molecule has 1 unspecified atom stereocenters. The monoisotopic (exact) mass is 364 g/mol. The molecule has 4 rings (SSSR count). The Morgan fingerprint density at radius 3 is 2.77 bits per heavy atom. The minimum atomic E-state index is -0.132. The summed E-state index contributed by atoms with van der Waals surface area (Å²) in [6.07, 6.45) is 2.42. The van der Waals surface area contributed by atoms with Gasteiger partial charge in [0.05, 0.1) is 10.7 Å². The lowest BCUT2D eigenvalue weighted by Gasteiger charge is -2.22. The summed E-state index contributed by atoms with van der Waals surface area (Å²) in [5, 5.41) is 3.63. The number of fused-ring (bicyclic) bond motifs is 1. The molecular weight excluding hydrogens is 348 g/mol. The number of nitrogens with zero attached hydrogens (tertiary/aromatic N) is 3. The lowest BCUT2D eigenvalue weighted by Crippen LogP contribution is -2.36. The van der Waals surface area contributed by atoms with Crippen molar-refractivity contribution in [1.82, 2.24) is 9.97 Å². The summed E-state index contributed by atoms with van der Waals surface area (Å²) in [7, 11) is 0. The minimum Gasteiger partial charge on any atom is -0.323 e. The number of halogens is 1. The van der Waals surface area contributed by atoms with E-state index < -0.39 is 0 Å². The zero-order valence-corrected chi connectivity index (χ0v) is 14.9. The van der Waals surface area contributed by atoms with Crippen LogP contribution in [0.25, 0.3) is 0 Å². The van der Waals surface area contributed by atoms with E-state index in [0.717, 1.165) is 12.1 Å². The minimum absolute atomic E-state index is 0.0924. The Labute approximate surface area is 156 Å². The molecule has 0 aliphatic carbocycles. The average Bonchev–Trinajstić information content (AvgIpc) is 2.99. The third-order valence-electron chi connectivity index (χ3n) is 4.42. The maximum absolute atomic E-state index is 13.1. The number of rotatable bonds is 3. The number of carbonyl (C=O) groups is 1. The van der Waals surface area contributed by atoms with Gasteiger partial charge in [0.2, 0.25) is 5.95 Å². The molecule has 0 radical (unpaired) electrons. The fourth-order valence-corrected chi connectivity index (χ4v) is 3.40. The third kappa shape index (κ3) is 3.02. The summed E-state index contributed by atoms with van der Waals surface area (Å²) in [6.45, 7) is 2.04. The highest BCUT2D eigenvalue weighted by Crippen LogP contribution is 2.33. The molecule has 5 nitrogen and oxygen atoms in total. The van der Waals surface area contributed by atoms with Crippen LogP contribution < -0.4 is 10.2 Å². The molecule has 130 valence electrons. The molecule has 1 aliphatic rings. The first-order valence-corrected chi connectivity index (χ1v) is 8.77. The van der Waals surface area contributed by atoms with Crippen molar-refractivity contribution >= 4 is 34.8 Å². The molecule has 1 aromatic heterocycles. The number of anilines is 3.